The molecule has 0 aliphatic heterocycles. The van der Waals surface area contributed by atoms with Crippen LogP contribution in [0, 0.1) is 0 Å². The van der Waals surface area contributed by atoms with Gasteiger partial charge in [0.2, 0.25) is 5.91 Å². The first kappa shape index (κ1) is 14.2. The summed E-state index contributed by atoms with van der Waals surface area (Å²) in [5, 5.41) is 0. The molecule has 1 unspecified atom stereocenters. The smallest absolute Gasteiger partial charge is 0.237 e. The lowest BCUT2D eigenvalue weighted by Crippen LogP contribution is -2.37. The fourth-order valence-electron chi connectivity index (χ4n) is 1.98. The van der Waals surface area contributed by atoms with Gasteiger partial charge in [0.25, 0.3) is 0 Å². The highest BCUT2D eigenvalue weighted by atomic mass is 32.1. The molecule has 3 N–H and O–H groups in total. The number of aromatic amines is 1. The standard InChI is InChI=1S/C14H16N4OS/c1-18(9-11-16-7-8-17-11)14(19)12(13(15)20)10-5-3-2-4-6-10/h2-8,12H,9H2,1H3,(H2,15,20)(H,16,17). The quantitative estimate of drug-likeness (QED) is 0.816. The number of likely N-dealkylation sites (N-methyl/N-ethyl adjacent to an activating group) is 1. The number of hydrogen-bond acceptors (Lipinski definition) is 3. The SMILES string of the molecule is CN(Cc1ncc[nH]1)C(=O)C(C(N)=S)c1ccccc1. The summed E-state index contributed by atoms with van der Waals surface area (Å²) in [5.74, 6) is -0.0261. The van der Waals surface area contributed by atoms with E-state index >= 15 is 0 Å². The summed E-state index contributed by atoms with van der Waals surface area (Å²) in [7, 11) is 1.71. The van der Waals surface area contributed by atoms with Crippen LogP contribution >= 0.6 is 12.2 Å². The van der Waals surface area contributed by atoms with Crippen LogP contribution in [0.4, 0.5) is 0 Å². The number of amides is 1. The Balaban J connectivity index is 2.17. The van der Waals surface area contributed by atoms with Gasteiger partial charge in [0.05, 0.1) is 11.5 Å². The molecule has 6 heteroatoms. The zero-order valence-electron chi connectivity index (χ0n) is 11.1. The summed E-state index contributed by atoms with van der Waals surface area (Å²) >= 11 is 5.05. The van der Waals surface area contributed by atoms with Gasteiger partial charge in [0, 0.05) is 19.4 Å². The molecular formula is C14H16N4OS. The van der Waals surface area contributed by atoms with Crippen molar-refractivity contribution in [1.29, 1.82) is 0 Å². The van der Waals surface area contributed by atoms with Crippen LogP contribution in [-0.4, -0.2) is 32.8 Å². The molecule has 1 heterocycles. The predicted molar refractivity (Wildman–Crippen MR) is 81.0 cm³/mol. The van der Waals surface area contributed by atoms with Crippen molar-refractivity contribution < 1.29 is 4.79 Å². The van der Waals surface area contributed by atoms with Crippen molar-refractivity contribution in [2.75, 3.05) is 7.05 Å². The summed E-state index contributed by atoms with van der Waals surface area (Å²) < 4.78 is 0. The van der Waals surface area contributed by atoms with Crippen LogP contribution in [0.25, 0.3) is 0 Å². The predicted octanol–water partition coefficient (Wildman–Crippen LogP) is 1.44. The molecule has 0 bridgehead atoms. The first-order valence-electron chi connectivity index (χ1n) is 6.17. The van der Waals surface area contributed by atoms with E-state index in [1.54, 1.807) is 24.3 Å². The zero-order chi connectivity index (χ0) is 14.5. The van der Waals surface area contributed by atoms with E-state index in [0.717, 1.165) is 11.4 Å². The molecule has 0 radical (unpaired) electrons. The van der Waals surface area contributed by atoms with Crippen molar-refractivity contribution in [2.24, 2.45) is 5.73 Å². The maximum atomic E-state index is 12.5. The molecule has 1 aromatic heterocycles. The van der Waals surface area contributed by atoms with Crippen LogP contribution in [-0.2, 0) is 11.3 Å². The highest BCUT2D eigenvalue weighted by Crippen LogP contribution is 2.19. The van der Waals surface area contributed by atoms with Crippen LogP contribution < -0.4 is 5.73 Å². The van der Waals surface area contributed by atoms with Crippen molar-refractivity contribution in [3.05, 3.63) is 54.1 Å². The zero-order valence-corrected chi connectivity index (χ0v) is 11.9. The Morgan fingerprint density at radius 1 is 1.45 bits per heavy atom. The Labute approximate surface area is 122 Å². The fraction of sp³-hybridized carbons (Fsp3) is 0.214. The minimum atomic E-state index is -0.605. The molecule has 2 aromatic rings. The molecule has 2 rings (SSSR count). The Morgan fingerprint density at radius 3 is 2.70 bits per heavy atom. The molecule has 1 atom stereocenters. The van der Waals surface area contributed by atoms with Crippen LogP contribution in [0.5, 0.6) is 0 Å². The van der Waals surface area contributed by atoms with Gasteiger partial charge in [-0.3, -0.25) is 4.79 Å². The first-order valence-corrected chi connectivity index (χ1v) is 6.58. The lowest BCUT2D eigenvalue weighted by molar-refractivity contribution is -0.130. The lowest BCUT2D eigenvalue weighted by Gasteiger charge is -2.22. The van der Waals surface area contributed by atoms with Crippen molar-refractivity contribution in [1.82, 2.24) is 14.9 Å². The number of aromatic nitrogens is 2. The second kappa shape index (κ2) is 6.29. The van der Waals surface area contributed by atoms with Gasteiger partial charge in [-0.15, -0.1) is 0 Å². The van der Waals surface area contributed by atoms with E-state index in [-0.39, 0.29) is 10.9 Å². The number of carbonyl (C=O) groups is 1. The number of nitrogens with one attached hydrogen (secondary N) is 1. The highest BCUT2D eigenvalue weighted by Gasteiger charge is 2.26. The van der Waals surface area contributed by atoms with Gasteiger partial charge in [0.15, 0.2) is 0 Å². The minimum Gasteiger partial charge on any atom is -0.392 e. The number of imidazole rings is 1. The summed E-state index contributed by atoms with van der Waals surface area (Å²) in [5.41, 5.74) is 6.54. The van der Waals surface area contributed by atoms with Crippen molar-refractivity contribution >= 4 is 23.1 Å². The molecule has 20 heavy (non-hydrogen) atoms. The van der Waals surface area contributed by atoms with E-state index in [0.29, 0.717) is 6.54 Å². The number of nitrogens with two attached hydrogens (primary N) is 1. The summed E-state index contributed by atoms with van der Waals surface area (Å²) in [6.07, 6.45) is 3.37. The molecule has 5 nitrogen and oxygen atoms in total. The van der Waals surface area contributed by atoms with E-state index in [9.17, 15) is 4.79 Å². The number of thiocarbonyl (C=S) groups is 1. The molecule has 1 amide bonds. The molecule has 0 aliphatic rings. The average molecular weight is 288 g/mol. The van der Waals surface area contributed by atoms with Crippen LogP contribution in [0.2, 0.25) is 0 Å². The topological polar surface area (TPSA) is 75.0 Å². The van der Waals surface area contributed by atoms with Crippen molar-refractivity contribution in [3.63, 3.8) is 0 Å². The van der Waals surface area contributed by atoms with Gasteiger partial charge >= 0.3 is 0 Å². The maximum absolute atomic E-state index is 12.5. The van der Waals surface area contributed by atoms with E-state index in [4.69, 9.17) is 18.0 Å². The number of carbonyl (C=O) groups excluding carboxylic acids is 1. The first-order chi connectivity index (χ1) is 9.59. The Morgan fingerprint density at radius 2 is 2.15 bits per heavy atom. The molecule has 1 aromatic carbocycles. The third-order valence-corrected chi connectivity index (χ3v) is 3.22. The van der Waals surface area contributed by atoms with E-state index in [1.165, 1.54) is 0 Å². The van der Waals surface area contributed by atoms with Gasteiger partial charge in [-0.05, 0) is 5.56 Å². The molecule has 104 valence electrons. The monoisotopic (exact) mass is 288 g/mol. The number of nitrogens with zero attached hydrogens (tertiary/aromatic N) is 2. The number of benzene rings is 1. The molecule has 0 saturated heterocycles. The van der Waals surface area contributed by atoms with Gasteiger partial charge in [-0.1, -0.05) is 42.5 Å². The average Bonchev–Trinajstić information content (AvgIpc) is 2.92. The summed E-state index contributed by atoms with van der Waals surface area (Å²) in [6, 6.07) is 9.31. The molecule has 0 aliphatic carbocycles. The van der Waals surface area contributed by atoms with E-state index in [1.807, 2.05) is 30.3 Å². The Bertz CT molecular complexity index is 582. The van der Waals surface area contributed by atoms with E-state index in [2.05, 4.69) is 9.97 Å². The normalized spacial score (nSPS) is 11.8. The second-order valence-electron chi connectivity index (χ2n) is 4.48. The summed E-state index contributed by atoms with van der Waals surface area (Å²) in [4.78, 5) is 21.3. The third kappa shape index (κ3) is 3.21. The largest absolute Gasteiger partial charge is 0.392 e. The number of rotatable bonds is 5. The maximum Gasteiger partial charge on any atom is 0.237 e. The molecule has 0 spiro atoms. The Hall–Kier alpha value is -2.21. The minimum absolute atomic E-state index is 0.139. The lowest BCUT2D eigenvalue weighted by atomic mass is 9.97. The molecular weight excluding hydrogens is 272 g/mol. The number of hydrogen-bond donors (Lipinski definition) is 2. The van der Waals surface area contributed by atoms with E-state index < -0.39 is 5.92 Å². The Kier molecular flexibility index (Phi) is 4.47. The fourth-order valence-corrected chi connectivity index (χ4v) is 2.22. The van der Waals surface area contributed by atoms with Crippen LogP contribution in [0.1, 0.15) is 17.3 Å². The van der Waals surface area contributed by atoms with Gasteiger partial charge in [-0.2, -0.15) is 0 Å². The second-order valence-corrected chi connectivity index (χ2v) is 4.95. The van der Waals surface area contributed by atoms with Crippen LogP contribution in [0.15, 0.2) is 42.7 Å². The van der Waals surface area contributed by atoms with Gasteiger partial charge in [-0.25, -0.2) is 4.98 Å². The molecule has 0 fully saturated rings. The van der Waals surface area contributed by atoms with Gasteiger partial charge < -0.3 is 15.6 Å². The van der Waals surface area contributed by atoms with Crippen molar-refractivity contribution in [2.45, 2.75) is 12.5 Å². The summed E-state index contributed by atoms with van der Waals surface area (Å²) in [6.45, 7) is 0.387. The third-order valence-electron chi connectivity index (χ3n) is 2.98. The van der Waals surface area contributed by atoms with Crippen LogP contribution in [0.3, 0.4) is 0 Å². The molecule has 0 saturated carbocycles. The highest BCUT2D eigenvalue weighted by molar-refractivity contribution is 7.80. The van der Waals surface area contributed by atoms with Gasteiger partial charge in [0.1, 0.15) is 11.7 Å². The number of H-pyrrole nitrogens is 1. The van der Waals surface area contributed by atoms with Crippen molar-refractivity contribution in [3.8, 4) is 0 Å².